The monoisotopic (exact) mass is 1460 g/mol. The van der Waals surface area contributed by atoms with Gasteiger partial charge in [0.2, 0.25) is 11.6 Å². The summed E-state index contributed by atoms with van der Waals surface area (Å²) in [5, 5.41) is 26.1. The quantitative estimate of drug-likeness (QED) is 0.0197. The Hall–Kier alpha value is -3.90. The molecule has 2 aliphatic rings. The van der Waals surface area contributed by atoms with E-state index in [-0.39, 0.29) is 267 Å². The van der Waals surface area contributed by atoms with E-state index in [0.717, 1.165) is 84.9 Å². The van der Waals surface area contributed by atoms with E-state index in [9.17, 15) is 87.4 Å². The summed E-state index contributed by atoms with van der Waals surface area (Å²) in [4.78, 5) is 22.6. The molecule has 456 valence electrons. The first-order valence-electron chi connectivity index (χ1n) is 24.3. The number of ketones is 2. The third-order valence-electron chi connectivity index (χ3n) is 13.0. The zero-order valence-electron chi connectivity index (χ0n) is 49.8. The number of fused-ring (bicyclic) bond motifs is 4. The number of carbonyl (C=O) groups excluding carboxylic acids is 2. The first-order chi connectivity index (χ1) is 41.5. The van der Waals surface area contributed by atoms with Gasteiger partial charge in [-0.2, -0.15) is 10.2 Å². The number of hydrazone groups is 2. The standard InChI is InChI=1S/C52H37N11O20S6.6Na/c53-27-1-11-43(45(21-27)86(72,73)74)60-56-39-13-16-42(38-24-32(85(69,70)71)5-9-35(38)39)59-63-50-48(89(81,82)83)20-26-18-30(4-8-34(26)52(50)65)55-29-3-7-33-25(17-29)19-47(88(78,79)80)49(51(33)64)62-58-40-14-15-41(37-23-31(84(66,67)68)6-10-36(37)40)57-61-44-12-2-28(54)22-46(44)87(75,76)77;;;;;;/h1-24,55,58-59H,53-54H2,(H,66,67,68)(H,69,70,71)(H,72,73,74)(H,75,76,77)(H,78,79,80)(H,81,82,83);;;;;;/q;6*+1/p-6/b60-56?,61-57?,62-49+,63-50+;;;;;;. The van der Waals surface area contributed by atoms with Crippen LogP contribution in [0.15, 0.2) is 194 Å². The minimum Gasteiger partial charge on any atom is -0.744 e. The van der Waals surface area contributed by atoms with Crippen LogP contribution in [0.5, 0.6) is 0 Å². The number of carbonyl (C=O) groups is 2. The van der Waals surface area contributed by atoms with Gasteiger partial charge in [-0.3, -0.25) is 20.4 Å². The second-order valence-corrected chi connectivity index (χ2v) is 27.0. The van der Waals surface area contributed by atoms with Crippen molar-refractivity contribution in [3.8, 4) is 0 Å². The molecule has 0 aliphatic heterocycles. The van der Waals surface area contributed by atoms with Gasteiger partial charge in [0.05, 0.1) is 52.1 Å². The Morgan fingerprint density at radius 2 is 0.705 bits per heavy atom. The van der Waals surface area contributed by atoms with Crippen LogP contribution in [0.25, 0.3) is 33.7 Å². The van der Waals surface area contributed by atoms with E-state index in [0.29, 0.717) is 0 Å². The normalized spacial score (nSPS) is 14.2. The molecule has 0 radical (unpaired) electrons. The molecule has 43 heteroatoms. The van der Waals surface area contributed by atoms with Crippen LogP contribution in [0, 0.1) is 0 Å². The number of nitrogens with two attached hydrogens (primary N) is 2. The third kappa shape index (κ3) is 19.0. The Morgan fingerprint density at radius 1 is 0.347 bits per heavy atom. The zero-order chi connectivity index (χ0) is 64.5. The van der Waals surface area contributed by atoms with Gasteiger partial charge in [-0.05, 0) is 145 Å². The average Bonchev–Trinajstić information content (AvgIpc) is 0.776. The summed E-state index contributed by atoms with van der Waals surface area (Å²) in [7, 11) is -31.6. The maximum absolute atomic E-state index is 14.0. The summed E-state index contributed by atoms with van der Waals surface area (Å²) in [6, 6.07) is 24.3. The molecule has 0 atom stereocenters. The minimum absolute atomic E-state index is 0. The molecule has 0 saturated carbocycles. The van der Waals surface area contributed by atoms with Gasteiger partial charge in [0.25, 0.3) is 0 Å². The van der Waals surface area contributed by atoms with E-state index in [4.69, 9.17) is 11.5 Å². The van der Waals surface area contributed by atoms with Gasteiger partial charge in [0.1, 0.15) is 83.5 Å². The van der Waals surface area contributed by atoms with Crippen LogP contribution in [0.4, 0.5) is 56.9 Å². The first kappa shape index (κ1) is 83.5. The van der Waals surface area contributed by atoms with Crippen molar-refractivity contribution in [2.75, 3.05) is 27.6 Å². The molecule has 10 rings (SSSR count). The van der Waals surface area contributed by atoms with E-state index in [1.165, 1.54) is 60.7 Å². The van der Waals surface area contributed by atoms with Crippen molar-refractivity contribution < 1.29 is 265 Å². The molecule has 0 spiro atoms. The summed E-state index contributed by atoms with van der Waals surface area (Å²) in [6.45, 7) is 0. The number of azo groups is 2. The largest absolute Gasteiger partial charge is 1.00 e. The predicted octanol–water partition coefficient (Wildman–Crippen LogP) is -11.5. The molecule has 7 N–H and O–H groups in total. The molecule has 31 nitrogen and oxygen atoms in total. The van der Waals surface area contributed by atoms with Crippen molar-refractivity contribution in [2.24, 2.45) is 30.7 Å². The van der Waals surface area contributed by atoms with Crippen molar-refractivity contribution in [1.29, 1.82) is 0 Å². The molecule has 8 aromatic carbocycles. The van der Waals surface area contributed by atoms with Crippen molar-refractivity contribution in [3.05, 3.63) is 166 Å². The summed E-state index contributed by atoms with van der Waals surface area (Å²) < 4.78 is 221. The van der Waals surface area contributed by atoms with E-state index in [1.807, 2.05) is 0 Å². The number of nitrogens with one attached hydrogen (secondary N) is 3. The van der Waals surface area contributed by atoms with Gasteiger partial charge in [0.15, 0.2) is 0 Å². The molecule has 0 amide bonds. The van der Waals surface area contributed by atoms with Crippen LogP contribution in [0.1, 0.15) is 31.8 Å². The van der Waals surface area contributed by atoms with E-state index < -0.39 is 124 Å². The van der Waals surface area contributed by atoms with E-state index in [1.54, 1.807) is 0 Å². The second-order valence-electron chi connectivity index (χ2n) is 18.8. The number of rotatable bonds is 16. The number of Topliss-reactive ketones (excluding diaryl/α,β-unsaturated/α-hetero) is 2. The Morgan fingerprint density at radius 3 is 1.09 bits per heavy atom. The fraction of sp³-hybridized carbons (Fsp3) is 0. The summed E-state index contributed by atoms with van der Waals surface area (Å²) in [6.07, 6.45) is 1.65. The van der Waals surface area contributed by atoms with Crippen molar-refractivity contribution in [1.82, 2.24) is 0 Å². The molecular weight excluding hydrogens is 1430 g/mol. The van der Waals surface area contributed by atoms with Gasteiger partial charge in [-0.1, -0.05) is 12.1 Å². The maximum atomic E-state index is 14.0. The second kappa shape index (κ2) is 32.2. The number of nitrogen functional groups attached to an aromatic ring is 2. The number of hydrogen-bond donors (Lipinski definition) is 5. The Labute approximate surface area is 672 Å². The fourth-order valence-corrected chi connectivity index (χ4v) is 12.5. The molecule has 0 bridgehead atoms. The number of anilines is 6. The topological polar surface area (TPSA) is 540 Å². The SMILES string of the molecule is Nc1ccc(N=Nc2ccc(N/N=C3/C(=O)c4ccc(Nc5ccc6c(c5)C=C(S(=O)(=O)[O-])/C(=N\Nc5ccc(N=Nc7ccc(N)cc7S(=O)(=O)[O-])c7ccc(S(=O)(=O)[O-])cc57)C6=O)cc4C=C3S(=O)(=O)[O-])c3ccc(S(=O)(=O)[O-])cc23)c(S(=O)(=O)[O-])c1.[Na+].[Na+].[Na+].[Na+].[Na+].[Na+]. The summed E-state index contributed by atoms with van der Waals surface area (Å²) in [5.41, 5.74) is 12.1. The van der Waals surface area contributed by atoms with Crippen LogP contribution >= 0.6 is 0 Å². The first-order valence-corrected chi connectivity index (χ1v) is 32.8. The molecule has 2 aliphatic carbocycles. The number of allylic oxidation sites excluding steroid dienone is 2. The molecule has 0 unspecified atom stereocenters. The Bertz CT molecular complexity index is 5460. The third-order valence-corrected chi connectivity index (χ3v) is 18.1. The molecule has 95 heavy (non-hydrogen) atoms. The van der Waals surface area contributed by atoms with Gasteiger partial charge in [0, 0.05) is 55.4 Å². The molecule has 0 saturated heterocycles. The smallest absolute Gasteiger partial charge is 0.744 e. The van der Waals surface area contributed by atoms with Crippen LogP contribution in [0.3, 0.4) is 0 Å². The van der Waals surface area contributed by atoms with Crippen LogP contribution < -0.4 is 205 Å². The van der Waals surface area contributed by atoms with Crippen molar-refractivity contribution in [2.45, 2.75) is 19.6 Å². The maximum Gasteiger partial charge on any atom is 1.00 e. The minimum atomic E-state index is -5.56. The number of hydrogen-bond acceptors (Lipinski definition) is 31. The van der Waals surface area contributed by atoms with Crippen LogP contribution in [0.2, 0.25) is 0 Å². The Balaban J connectivity index is 0.00000320. The molecule has 0 fully saturated rings. The molecule has 0 aromatic heterocycles. The van der Waals surface area contributed by atoms with Crippen LogP contribution in [-0.4, -0.2) is 101 Å². The van der Waals surface area contributed by atoms with Crippen molar-refractivity contribution in [3.63, 3.8) is 0 Å². The van der Waals surface area contributed by atoms with Crippen LogP contribution in [-0.2, 0) is 60.7 Å². The zero-order valence-corrected chi connectivity index (χ0v) is 66.7. The van der Waals surface area contributed by atoms with Gasteiger partial charge >= 0.3 is 177 Å². The molecule has 0 heterocycles. The van der Waals surface area contributed by atoms with Gasteiger partial charge < -0.3 is 44.1 Å². The summed E-state index contributed by atoms with van der Waals surface area (Å²) >= 11 is 0. The molecular formula is C52H31N11Na6O20S6. The number of nitrogens with zero attached hydrogens (tertiary/aromatic N) is 6. The van der Waals surface area contributed by atoms with Gasteiger partial charge in [-0.25, -0.2) is 50.5 Å². The van der Waals surface area contributed by atoms with Crippen molar-refractivity contribution >= 4 is 174 Å². The predicted molar refractivity (Wildman–Crippen MR) is 312 cm³/mol. The Kier molecular flexibility index (Phi) is 28.3. The van der Waals surface area contributed by atoms with E-state index >= 15 is 0 Å². The number of benzene rings is 8. The van der Waals surface area contributed by atoms with Gasteiger partial charge in [-0.15, -0.1) is 20.5 Å². The average molecular weight is 1460 g/mol. The summed E-state index contributed by atoms with van der Waals surface area (Å²) in [5.74, 6) is -2.23. The fourth-order valence-electron chi connectivity index (χ4n) is 8.97. The van der Waals surface area contributed by atoms with E-state index in [2.05, 4.69) is 46.8 Å². The molecule has 8 aromatic rings.